The number of aromatic nitrogens is 1. The second kappa shape index (κ2) is 4.38. The number of para-hydroxylation sites is 2. The van der Waals surface area contributed by atoms with E-state index in [2.05, 4.69) is 20.9 Å². The van der Waals surface area contributed by atoms with Gasteiger partial charge in [-0.15, -0.1) is 0 Å². The maximum absolute atomic E-state index is 11.9. The van der Waals surface area contributed by atoms with Crippen LogP contribution in [0.15, 0.2) is 62.2 Å². The summed E-state index contributed by atoms with van der Waals surface area (Å²) >= 11 is 3.35. The Labute approximate surface area is 111 Å². The molecule has 0 aliphatic carbocycles. The van der Waals surface area contributed by atoms with Gasteiger partial charge in [-0.3, -0.25) is 0 Å². The summed E-state index contributed by atoms with van der Waals surface area (Å²) in [7, 11) is 0. The van der Waals surface area contributed by atoms with E-state index in [0.717, 1.165) is 10.0 Å². The van der Waals surface area contributed by atoms with Gasteiger partial charge in [-0.05, 0) is 24.3 Å². The molecule has 0 saturated heterocycles. The Hall–Kier alpha value is -1.94. The summed E-state index contributed by atoms with van der Waals surface area (Å²) in [6, 6.07) is 14.6. The van der Waals surface area contributed by atoms with Crippen molar-refractivity contribution in [2.24, 2.45) is 0 Å². The van der Waals surface area contributed by atoms with Crippen LogP contribution in [-0.4, -0.2) is 4.98 Å². The summed E-state index contributed by atoms with van der Waals surface area (Å²) in [4.78, 5) is 16.2. The molecule has 3 nitrogen and oxygen atoms in total. The summed E-state index contributed by atoms with van der Waals surface area (Å²) in [5.74, 6) is 0. The summed E-state index contributed by atoms with van der Waals surface area (Å²) in [5, 5.41) is 0. The van der Waals surface area contributed by atoms with E-state index >= 15 is 0 Å². The number of fused-ring (bicyclic) bond motifs is 1. The number of benzene rings is 2. The molecule has 0 spiro atoms. The van der Waals surface area contributed by atoms with Gasteiger partial charge in [0.15, 0.2) is 11.3 Å². The lowest BCUT2D eigenvalue weighted by Gasteiger charge is -2.01. The van der Waals surface area contributed by atoms with Crippen molar-refractivity contribution in [3.8, 4) is 11.3 Å². The van der Waals surface area contributed by atoms with Crippen LogP contribution in [-0.2, 0) is 0 Å². The zero-order valence-electron chi connectivity index (χ0n) is 9.26. The lowest BCUT2D eigenvalue weighted by molar-refractivity contribution is 0.558. The molecule has 2 aromatic carbocycles. The van der Waals surface area contributed by atoms with Crippen molar-refractivity contribution in [2.75, 3.05) is 0 Å². The molecule has 3 aromatic rings. The molecule has 0 amide bonds. The van der Waals surface area contributed by atoms with E-state index < -0.39 is 5.63 Å². The maximum atomic E-state index is 11.9. The monoisotopic (exact) mass is 301 g/mol. The molecule has 0 fully saturated rings. The lowest BCUT2D eigenvalue weighted by Crippen LogP contribution is -2.05. The van der Waals surface area contributed by atoms with Gasteiger partial charge in [0.25, 0.3) is 0 Å². The third kappa shape index (κ3) is 1.95. The van der Waals surface area contributed by atoms with Crippen LogP contribution in [0.2, 0.25) is 0 Å². The largest absolute Gasteiger partial charge is 0.419 e. The van der Waals surface area contributed by atoms with Crippen LogP contribution in [0.3, 0.4) is 0 Å². The number of hydrogen-bond acceptors (Lipinski definition) is 3. The van der Waals surface area contributed by atoms with Gasteiger partial charge < -0.3 is 4.42 Å². The second-order valence-electron chi connectivity index (χ2n) is 3.82. The van der Waals surface area contributed by atoms with E-state index in [1.54, 1.807) is 6.07 Å². The van der Waals surface area contributed by atoms with Gasteiger partial charge in [-0.25, -0.2) is 9.78 Å². The van der Waals surface area contributed by atoms with Gasteiger partial charge in [0.1, 0.15) is 5.52 Å². The van der Waals surface area contributed by atoms with Crippen molar-refractivity contribution in [1.29, 1.82) is 0 Å². The van der Waals surface area contributed by atoms with Gasteiger partial charge in [0, 0.05) is 10.0 Å². The van der Waals surface area contributed by atoms with E-state index in [1.165, 1.54) is 0 Å². The van der Waals surface area contributed by atoms with Crippen molar-refractivity contribution in [2.45, 2.75) is 0 Å². The minimum atomic E-state index is -0.420. The van der Waals surface area contributed by atoms with Crippen molar-refractivity contribution >= 4 is 27.0 Å². The molecule has 1 aromatic heterocycles. The summed E-state index contributed by atoms with van der Waals surface area (Å²) in [6.07, 6.45) is 0. The van der Waals surface area contributed by atoms with Crippen molar-refractivity contribution in [3.63, 3.8) is 0 Å². The van der Waals surface area contributed by atoms with Crippen LogP contribution < -0.4 is 5.63 Å². The molecule has 0 saturated carbocycles. The van der Waals surface area contributed by atoms with E-state index in [9.17, 15) is 4.79 Å². The average molecular weight is 302 g/mol. The molecule has 0 unspecified atom stereocenters. The fourth-order valence-corrected chi connectivity index (χ4v) is 2.00. The standard InChI is InChI=1S/C14H8BrNO2/c15-10-7-5-9(6-8-10)13-14(17)18-12-4-2-1-3-11(12)16-13/h1-8H. The highest BCUT2D eigenvalue weighted by Crippen LogP contribution is 2.19. The minimum Gasteiger partial charge on any atom is -0.419 e. The first kappa shape index (κ1) is 11.2. The second-order valence-corrected chi connectivity index (χ2v) is 4.74. The van der Waals surface area contributed by atoms with Gasteiger partial charge in [-0.2, -0.15) is 0 Å². The van der Waals surface area contributed by atoms with E-state index in [-0.39, 0.29) is 0 Å². The summed E-state index contributed by atoms with van der Waals surface area (Å²) < 4.78 is 6.20. The Balaban J connectivity index is 2.26. The first-order chi connectivity index (χ1) is 8.74. The molecule has 0 bridgehead atoms. The Bertz CT molecular complexity index is 763. The molecule has 0 atom stereocenters. The Morgan fingerprint density at radius 2 is 1.72 bits per heavy atom. The average Bonchev–Trinajstić information content (AvgIpc) is 2.39. The fraction of sp³-hybridized carbons (Fsp3) is 0. The van der Waals surface area contributed by atoms with Gasteiger partial charge in [-0.1, -0.05) is 40.2 Å². The quantitative estimate of drug-likeness (QED) is 0.689. The van der Waals surface area contributed by atoms with Crippen molar-refractivity contribution in [3.05, 3.63) is 63.4 Å². The fourth-order valence-electron chi connectivity index (χ4n) is 1.74. The van der Waals surface area contributed by atoms with E-state index in [0.29, 0.717) is 16.8 Å². The molecule has 88 valence electrons. The molecule has 0 radical (unpaired) electrons. The summed E-state index contributed by atoms with van der Waals surface area (Å²) in [6.45, 7) is 0. The molecule has 0 aliphatic heterocycles. The van der Waals surface area contributed by atoms with E-state index in [4.69, 9.17) is 4.42 Å². The third-order valence-corrected chi connectivity index (χ3v) is 3.14. The SMILES string of the molecule is O=c1oc2ccccc2nc1-c1ccc(Br)cc1. The first-order valence-electron chi connectivity index (χ1n) is 5.40. The molecule has 4 heteroatoms. The highest BCUT2D eigenvalue weighted by atomic mass is 79.9. The number of rotatable bonds is 1. The maximum Gasteiger partial charge on any atom is 0.363 e. The molecule has 0 N–H and O–H groups in total. The zero-order chi connectivity index (χ0) is 12.5. The zero-order valence-corrected chi connectivity index (χ0v) is 10.8. The predicted molar refractivity (Wildman–Crippen MR) is 73.4 cm³/mol. The Morgan fingerprint density at radius 3 is 2.50 bits per heavy atom. The Kier molecular flexibility index (Phi) is 2.72. The number of hydrogen-bond donors (Lipinski definition) is 0. The number of nitrogens with zero attached hydrogens (tertiary/aromatic N) is 1. The van der Waals surface area contributed by atoms with Gasteiger partial charge >= 0.3 is 5.63 Å². The van der Waals surface area contributed by atoms with Gasteiger partial charge in [0.2, 0.25) is 0 Å². The van der Waals surface area contributed by atoms with Crippen LogP contribution in [0.4, 0.5) is 0 Å². The number of halogens is 1. The van der Waals surface area contributed by atoms with E-state index in [1.807, 2.05) is 42.5 Å². The van der Waals surface area contributed by atoms with Crippen LogP contribution in [0.5, 0.6) is 0 Å². The van der Waals surface area contributed by atoms with Crippen LogP contribution >= 0.6 is 15.9 Å². The summed E-state index contributed by atoms with van der Waals surface area (Å²) in [5.41, 5.74) is 1.84. The lowest BCUT2D eigenvalue weighted by atomic mass is 10.1. The smallest absolute Gasteiger partial charge is 0.363 e. The topological polar surface area (TPSA) is 43.1 Å². The first-order valence-corrected chi connectivity index (χ1v) is 6.19. The molecule has 18 heavy (non-hydrogen) atoms. The van der Waals surface area contributed by atoms with Crippen LogP contribution in [0.1, 0.15) is 0 Å². The highest BCUT2D eigenvalue weighted by molar-refractivity contribution is 9.10. The highest BCUT2D eigenvalue weighted by Gasteiger charge is 2.08. The molecular formula is C14H8BrNO2. The van der Waals surface area contributed by atoms with Crippen LogP contribution in [0.25, 0.3) is 22.4 Å². The Morgan fingerprint density at radius 1 is 1.00 bits per heavy atom. The molecule has 3 rings (SSSR count). The molecule has 0 aliphatic rings. The van der Waals surface area contributed by atoms with Crippen LogP contribution in [0, 0.1) is 0 Å². The van der Waals surface area contributed by atoms with Crippen molar-refractivity contribution in [1.82, 2.24) is 4.98 Å². The minimum absolute atomic E-state index is 0.334. The van der Waals surface area contributed by atoms with Crippen molar-refractivity contribution < 1.29 is 4.42 Å². The molecular weight excluding hydrogens is 294 g/mol. The van der Waals surface area contributed by atoms with Gasteiger partial charge in [0.05, 0.1) is 0 Å². The third-order valence-electron chi connectivity index (χ3n) is 2.61. The normalized spacial score (nSPS) is 10.7. The molecule has 1 heterocycles. The predicted octanol–water partition coefficient (Wildman–Crippen LogP) is 3.62.